The van der Waals surface area contributed by atoms with Crippen molar-refractivity contribution in [3.63, 3.8) is 0 Å². The molecule has 0 aromatic heterocycles. The van der Waals surface area contributed by atoms with Gasteiger partial charge in [-0.2, -0.15) is 0 Å². The molecule has 0 spiro atoms. The molecule has 34 heavy (non-hydrogen) atoms. The minimum absolute atomic E-state index is 0.0345. The van der Waals surface area contributed by atoms with Gasteiger partial charge in [-0.25, -0.2) is 4.79 Å². The molecule has 1 saturated heterocycles. The van der Waals surface area contributed by atoms with Crippen LogP contribution >= 0.6 is 0 Å². The van der Waals surface area contributed by atoms with Crippen LogP contribution in [0.4, 0.5) is 4.79 Å². The van der Waals surface area contributed by atoms with Crippen molar-refractivity contribution in [1.29, 1.82) is 0 Å². The van der Waals surface area contributed by atoms with Gasteiger partial charge in [0.25, 0.3) is 0 Å². The molecule has 0 aromatic carbocycles. The van der Waals surface area contributed by atoms with Crippen LogP contribution in [-0.4, -0.2) is 53.8 Å². The number of urea groups is 1. The lowest BCUT2D eigenvalue weighted by Crippen LogP contribution is -2.61. The third-order valence-electron chi connectivity index (χ3n) is 10.3. The lowest BCUT2D eigenvalue weighted by molar-refractivity contribution is -0.160. The number of hydrogen-bond acceptors (Lipinski definition) is 3. The number of fused-ring (bicyclic) bond motifs is 5. The summed E-state index contributed by atoms with van der Waals surface area (Å²) in [5.74, 6) is 2.04. The monoisotopic (exact) mass is 473 g/mol. The number of carbonyl (C=O) groups excluding carboxylic acids is 3. The van der Waals surface area contributed by atoms with Crippen LogP contribution in [0, 0.1) is 39.9 Å². The number of hydrogen-bond donors (Lipinski definition) is 1. The van der Waals surface area contributed by atoms with Crippen molar-refractivity contribution in [1.82, 2.24) is 15.1 Å². The SMILES string of the molecule is CCNC(=O)N(CC(C)(C)C)C(=O)C1CC[C@H]2[C@@H]3CCC4N(C)C(=O)CC[C@]4(C)[C@@H]3CC[C@]12C. The van der Waals surface area contributed by atoms with Gasteiger partial charge in [0.2, 0.25) is 11.8 Å². The van der Waals surface area contributed by atoms with Gasteiger partial charge in [-0.3, -0.25) is 14.5 Å². The predicted octanol–water partition coefficient (Wildman–Crippen LogP) is 5.07. The highest BCUT2D eigenvalue weighted by Crippen LogP contribution is 2.66. The van der Waals surface area contributed by atoms with E-state index < -0.39 is 0 Å². The van der Waals surface area contributed by atoms with E-state index in [0.717, 1.165) is 44.9 Å². The highest BCUT2D eigenvalue weighted by atomic mass is 16.2. The molecular weight excluding hydrogens is 426 g/mol. The fourth-order valence-electron chi connectivity index (χ4n) is 8.72. The molecule has 3 saturated carbocycles. The molecule has 1 aliphatic heterocycles. The Hall–Kier alpha value is -1.59. The third-order valence-corrected chi connectivity index (χ3v) is 10.3. The van der Waals surface area contributed by atoms with Gasteiger partial charge in [-0.1, -0.05) is 34.6 Å². The zero-order valence-electron chi connectivity index (χ0n) is 22.6. The molecule has 4 rings (SSSR count). The van der Waals surface area contributed by atoms with Crippen LogP contribution in [0.1, 0.15) is 92.9 Å². The summed E-state index contributed by atoms with van der Waals surface area (Å²) >= 11 is 0. The van der Waals surface area contributed by atoms with E-state index in [-0.39, 0.29) is 34.1 Å². The Bertz CT molecular complexity index is 835. The van der Waals surface area contributed by atoms with Crippen LogP contribution in [0.5, 0.6) is 0 Å². The molecule has 6 heteroatoms. The van der Waals surface area contributed by atoms with Gasteiger partial charge in [0.15, 0.2) is 0 Å². The first kappa shape index (κ1) is 25.5. The van der Waals surface area contributed by atoms with Crippen molar-refractivity contribution in [3.05, 3.63) is 0 Å². The second-order valence-corrected chi connectivity index (χ2v) is 13.5. The fourth-order valence-corrected chi connectivity index (χ4v) is 8.72. The van der Waals surface area contributed by atoms with Crippen molar-refractivity contribution in [2.24, 2.45) is 39.9 Å². The number of amides is 4. The first-order chi connectivity index (χ1) is 15.8. The first-order valence-electron chi connectivity index (χ1n) is 13.7. The predicted molar refractivity (Wildman–Crippen MR) is 134 cm³/mol. The molecule has 0 radical (unpaired) electrons. The maximum absolute atomic E-state index is 14.0. The summed E-state index contributed by atoms with van der Waals surface area (Å²) in [6.45, 7) is 13.9. The van der Waals surface area contributed by atoms with Gasteiger partial charge in [-0.05, 0) is 85.9 Å². The normalized spacial score (nSPS) is 39.7. The second kappa shape index (κ2) is 8.81. The van der Waals surface area contributed by atoms with Crippen molar-refractivity contribution >= 4 is 17.8 Å². The molecule has 0 aromatic rings. The summed E-state index contributed by atoms with van der Waals surface area (Å²) in [4.78, 5) is 42.9. The molecule has 1 heterocycles. The highest BCUT2D eigenvalue weighted by molar-refractivity contribution is 5.96. The third kappa shape index (κ3) is 4.07. The van der Waals surface area contributed by atoms with Gasteiger partial charge in [0.1, 0.15) is 0 Å². The minimum atomic E-state index is -0.244. The summed E-state index contributed by atoms with van der Waals surface area (Å²) in [5, 5.41) is 2.88. The molecular formula is C28H47N3O3. The van der Waals surface area contributed by atoms with Crippen LogP contribution in [0.3, 0.4) is 0 Å². The van der Waals surface area contributed by atoms with Crippen molar-refractivity contribution in [2.75, 3.05) is 20.1 Å². The second-order valence-electron chi connectivity index (χ2n) is 13.5. The molecule has 6 nitrogen and oxygen atoms in total. The molecule has 3 aliphatic carbocycles. The van der Waals surface area contributed by atoms with E-state index in [2.05, 4.69) is 39.9 Å². The maximum Gasteiger partial charge on any atom is 0.324 e. The standard InChI is InChI=1S/C28H47N3O3/c1-8-29-25(34)31(17-26(2,3)4)24(33)21-11-10-19-18-9-12-22-28(6,16-14-23(32)30(22)7)20(18)13-15-27(19,21)5/h18-22H,8-17H2,1-7H3,(H,29,34)/t18-,19-,20+,21?,22?,27-,28+/m0/s1. The lowest BCUT2D eigenvalue weighted by Gasteiger charge is -2.61. The Morgan fingerprint density at radius 3 is 2.35 bits per heavy atom. The van der Waals surface area contributed by atoms with Crippen LogP contribution in [0.2, 0.25) is 0 Å². The summed E-state index contributed by atoms with van der Waals surface area (Å²) in [5.41, 5.74) is 0.00345. The average molecular weight is 474 g/mol. The minimum Gasteiger partial charge on any atom is -0.342 e. The van der Waals surface area contributed by atoms with E-state index in [1.54, 1.807) is 0 Å². The van der Waals surface area contributed by atoms with E-state index in [0.29, 0.717) is 49.2 Å². The highest BCUT2D eigenvalue weighted by Gasteiger charge is 2.62. The number of rotatable bonds is 3. The van der Waals surface area contributed by atoms with E-state index >= 15 is 0 Å². The van der Waals surface area contributed by atoms with Crippen molar-refractivity contribution < 1.29 is 14.4 Å². The first-order valence-corrected chi connectivity index (χ1v) is 13.7. The Labute approximate surface area is 206 Å². The van der Waals surface area contributed by atoms with Gasteiger partial charge in [0, 0.05) is 38.5 Å². The van der Waals surface area contributed by atoms with Gasteiger partial charge < -0.3 is 10.2 Å². The van der Waals surface area contributed by atoms with Gasteiger partial charge in [-0.15, -0.1) is 0 Å². The van der Waals surface area contributed by atoms with Gasteiger partial charge >= 0.3 is 6.03 Å². The lowest BCUT2D eigenvalue weighted by atomic mass is 9.47. The Balaban J connectivity index is 1.57. The molecule has 192 valence electrons. The summed E-state index contributed by atoms with van der Waals surface area (Å²) < 4.78 is 0. The number of carbonyl (C=O) groups is 3. The summed E-state index contributed by atoms with van der Waals surface area (Å²) in [7, 11) is 2.01. The van der Waals surface area contributed by atoms with Crippen molar-refractivity contribution in [2.45, 2.75) is 99.0 Å². The van der Waals surface area contributed by atoms with E-state index in [4.69, 9.17) is 0 Å². The zero-order valence-corrected chi connectivity index (χ0v) is 22.6. The van der Waals surface area contributed by atoms with Crippen molar-refractivity contribution in [3.8, 4) is 0 Å². The molecule has 1 N–H and O–H groups in total. The van der Waals surface area contributed by atoms with E-state index in [9.17, 15) is 14.4 Å². The number of piperidine rings is 1. The summed E-state index contributed by atoms with van der Waals surface area (Å²) in [6, 6.07) is 0.115. The Morgan fingerprint density at radius 1 is 1.03 bits per heavy atom. The molecule has 0 bridgehead atoms. The summed E-state index contributed by atoms with van der Waals surface area (Å²) in [6.07, 6.45) is 8.08. The average Bonchev–Trinajstić information content (AvgIpc) is 3.11. The Morgan fingerprint density at radius 2 is 1.71 bits per heavy atom. The van der Waals surface area contributed by atoms with Crippen LogP contribution in [0.25, 0.3) is 0 Å². The molecule has 7 atom stereocenters. The Kier molecular flexibility index (Phi) is 6.61. The van der Waals surface area contributed by atoms with Crippen LogP contribution < -0.4 is 5.32 Å². The van der Waals surface area contributed by atoms with E-state index in [1.807, 2.05) is 18.9 Å². The molecule has 4 fully saturated rings. The van der Waals surface area contributed by atoms with Crippen LogP contribution in [-0.2, 0) is 9.59 Å². The smallest absolute Gasteiger partial charge is 0.324 e. The quantitative estimate of drug-likeness (QED) is 0.622. The topological polar surface area (TPSA) is 69.7 Å². The number of likely N-dealkylation sites (tertiary alicyclic amines) is 1. The number of imide groups is 1. The maximum atomic E-state index is 14.0. The molecule has 4 amide bonds. The van der Waals surface area contributed by atoms with Gasteiger partial charge in [0.05, 0.1) is 0 Å². The molecule has 4 aliphatic rings. The zero-order chi connectivity index (χ0) is 25.1. The number of nitrogens with one attached hydrogen (secondary N) is 1. The van der Waals surface area contributed by atoms with Crippen LogP contribution in [0.15, 0.2) is 0 Å². The molecule has 2 unspecified atom stereocenters. The van der Waals surface area contributed by atoms with E-state index in [1.165, 1.54) is 4.90 Å². The fraction of sp³-hybridized carbons (Fsp3) is 0.893. The largest absolute Gasteiger partial charge is 0.342 e. The number of nitrogens with zero attached hydrogens (tertiary/aromatic N) is 2.